The largest absolute Gasteiger partial charge is 0.497 e. The van der Waals surface area contributed by atoms with Crippen molar-refractivity contribution >= 4 is 5.78 Å². The quantitative estimate of drug-likeness (QED) is 0.366. The molecule has 4 rings (SSSR count). The van der Waals surface area contributed by atoms with E-state index in [0.29, 0.717) is 24.8 Å². The molecule has 0 spiro atoms. The molecule has 1 aromatic carbocycles. The molecular formula is C25H31N5O3. The maximum absolute atomic E-state index is 12.9. The molecule has 0 atom stereocenters. The van der Waals surface area contributed by atoms with Crippen LogP contribution in [0.25, 0.3) is 11.4 Å². The van der Waals surface area contributed by atoms with Gasteiger partial charge in [0.05, 0.1) is 20.2 Å². The third-order valence-electron chi connectivity index (χ3n) is 6.19. The number of piperazine rings is 1. The minimum absolute atomic E-state index is 0.174. The Hall–Kier alpha value is -3.23. The lowest BCUT2D eigenvalue weighted by Gasteiger charge is -2.33. The Balaban J connectivity index is 1.29. The first-order valence-corrected chi connectivity index (χ1v) is 11.2. The summed E-state index contributed by atoms with van der Waals surface area (Å²) < 4.78 is 12.8. The number of allylic oxidation sites excluding steroid dienone is 1. The van der Waals surface area contributed by atoms with E-state index in [1.54, 1.807) is 7.11 Å². The molecule has 1 saturated heterocycles. The number of Topliss-reactive ketones (excluding diaryl/α,β-unsaturated/α-hetero) is 1. The SMILES string of the molecule is C=CCn1c(C)cc(C(=O)CN2CCN(Cc3nc(-c4ccc(OC)cc4)no3)CC2)c1C. The minimum atomic E-state index is 0.174. The number of aryl methyl sites for hydroxylation is 1. The second-order valence-electron chi connectivity index (χ2n) is 8.40. The Morgan fingerprint density at radius 2 is 1.85 bits per heavy atom. The highest BCUT2D eigenvalue weighted by atomic mass is 16.5. The Morgan fingerprint density at radius 1 is 1.15 bits per heavy atom. The van der Waals surface area contributed by atoms with E-state index < -0.39 is 0 Å². The van der Waals surface area contributed by atoms with Gasteiger partial charge in [0.1, 0.15) is 5.75 Å². The zero-order valence-electron chi connectivity index (χ0n) is 19.6. The van der Waals surface area contributed by atoms with Gasteiger partial charge in [0.15, 0.2) is 5.78 Å². The second kappa shape index (κ2) is 10.1. The fourth-order valence-corrected chi connectivity index (χ4v) is 4.25. The predicted molar refractivity (Wildman–Crippen MR) is 126 cm³/mol. The van der Waals surface area contributed by atoms with Crippen LogP contribution in [0.15, 0.2) is 47.5 Å². The summed E-state index contributed by atoms with van der Waals surface area (Å²) in [5.74, 6) is 2.14. The molecule has 1 aliphatic heterocycles. The summed E-state index contributed by atoms with van der Waals surface area (Å²) in [5, 5.41) is 4.11. The molecule has 8 heteroatoms. The maximum Gasteiger partial charge on any atom is 0.241 e. The van der Waals surface area contributed by atoms with E-state index in [2.05, 4.69) is 31.1 Å². The summed E-state index contributed by atoms with van der Waals surface area (Å²) >= 11 is 0. The topological polar surface area (TPSA) is 76.6 Å². The molecule has 33 heavy (non-hydrogen) atoms. The normalized spacial score (nSPS) is 15.0. The van der Waals surface area contributed by atoms with E-state index in [-0.39, 0.29) is 5.78 Å². The van der Waals surface area contributed by atoms with E-state index in [9.17, 15) is 4.79 Å². The molecule has 0 unspecified atom stereocenters. The molecule has 1 aliphatic rings. The van der Waals surface area contributed by atoms with Crippen molar-refractivity contribution < 1.29 is 14.1 Å². The van der Waals surface area contributed by atoms with Crippen LogP contribution < -0.4 is 4.74 Å². The van der Waals surface area contributed by atoms with Crippen LogP contribution in [0.3, 0.4) is 0 Å². The van der Waals surface area contributed by atoms with Gasteiger partial charge >= 0.3 is 0 Å². The summed E-state index contributed by atoms with van der Waals surface area (Å²) in [6, 6.07) is 9.58. The van der Waals surface area contributed by atoms with Gasteiger partial charge in [-0.25, -0.2) is 0 Å². The van der Waals surface area contributed by atoms with Gasteiger partial charge in [-0.15, -0.1) is 6.58 Å². The van der Waals surface area contributed by atoms with Crippen LogP contribution in [-0.4, -0.2) is 70.1 Å². The molecule has 3 heterocycles. The van der Waals surface area contributed by atoms with Crippen molar-refractivity contribution in [3.05, 3.63) is 65.8 Å². The van der Waals surface area contributed by atoms with Crippen LogP contribution in [0, 0.1) is 13.8 Å². The average Bonchev–Trinajstić information content (AvgIpc) is 3.40. The molecule has 174 valence electrons. The first kappa shape index (κ1) is 22.9. The molecule has 0 amide bonds. The van der Waals surface area contributed by atoms with Gasteiger partial charge < -0.3 is 13.8 Å². The van der Waals surface area contributed by atoms with Crippen LogP contribution in [0.2, 0.25) is 0 Å². The molecule has 0 radical (unpaired) electrons. The van der Waals surface area contributed by atoms with Gasteiger partial charge in [-0.3, -0.25) is 14.6 Å². The third kappa shape index (κ3) is 5.23. The number of carbonyl (C=O) groups is 1. The van der Waals surface area contributed by atoms with E-state index in [1.165, 1.54) is 0 Å². The molecule has 0 N–H and O–H groups in total. The molecule has 8 nitrogen and oxygen atoms in total. The lowest BCUT2D eigenvalue weighted by Crippen LogP contribution is -2.47. The number of hydrogen-bond acceptors (Lipinski definition) is 7. The number of hydrogen-bond donors (Lipinski definition) is 0. The van der Waals surface area contributed by atoms with E-state index in [4.69, 9.17) is 9.26 Å². The van der Waals surface area contributed by atoms with Gasteiger partial charge in [0, 0.05) is 55.2 Å². The van der Waals surface area contributed by atoms with Gasteiger partial charge in [0.2, 0.25) is 11.7 Å². The summed E-state index contributed by atoms with van der Waals surface area (Å²) in [4.78, 5) is 22.0. The molecule has 0 aliphatic carbocycles. The van der Waals surface area contributed by atoms with Crippen molar-refractivity contribution in [2.45, 2.75) is 26.9 Å². The van der Waals surface area contributed by atoms with Crippen LogP contribution in [0.4, 0.5) is 0 Å². The number of rotatable bonds is 9. The molecule has 1 fully saturated rings. The number of methoxy groups -OCH3 is 1. The number of ketones is 1. The molecular weight excluding hydrogens is 418 g/mol. The second-order valence-corrected chi connectivity index (χ2v) is 8.40. The van der Waals surface area contributed by atoms with Gasteiger partial charge in [0.25, 0.3) is 0 Å². The van der Waals surface area contributed by atoms with Gasteiger partial charge in [-0.05, 0) is 44.2 Å². The maximum atomic E-state index is 12.9. The van der Waals surface area contributed by atoms with E-state index >= 15 is 0 Å². The Kier molecular flexibility index (Phi) is 7.05. The number of aromatic nitrogens is 3. The zero-order valence-corrected chi connectivity index (χ0v) is 19.6. The number of benzene rings is 1. The monoisotopic (exact) mass is 449 g/mol. The molecule has 2 aromatic heterocycles. The van der Waals surface area contributed by atoms with Crippen molar-refractivity contribution in [1.29, 1.82) is 0 Å². The third-order valence-corrected chi connectivity index (χ3v) is 6.19. The average molecular weight is 450 g/mol. The van der Waals surface area contributed by atoms with E-state index in [0.717, 1.165) is 61.0 Å². The van der Waals surface area contributed by atoms with Gasteiger partial charge in [-0.1, -0.05) is 11.2 Å². The van der Waals surface area contributed by atoms with Crippen molar-refractivity contribution in [3.63, 3.8) is 0 Å². The van der Waals surface area contributed by atoms with Crippen LogP contribution in [0.5, 0.6) is 5.75 Å². The van der Waals surface area contributed by atoms with E-state index in [1.807, 2.05) is 50.3 Å². The zero-order chi connectivity index (χ0) is 23.4. The molecule has 0 bridgehead atoms. The summed E-state index contributed by atoms with van der Waals surface area (Å²) in [5.41, 5.74) is 3.81. The van der Waals surface area contributed by atoms with Crippen LogP contribution in [0.1, 0.15) is 27.6 Å². The van der Waals surface area contributed by atoms with Crippen molar-refractivity contribution in [1.82, 2.24) is 24.5 Å². The lowest BCUT2D eigenvalue weighted by molar-refractivity contribution is 0.0826. The van der Waals surface area contributed by atoms with Crippen molar-refractivity contribution in [2.24, 2.45) is 0 Å². The van der Waals surface area contributed by atoms with Crippen molar-refractivity contribution in [3.8, 4) is 17.1 Å². The number of ether oxygens (including phenoxy) is 1. The Labute approximate surface area is 194 Å². The molecule has 0 saturated carbocycles. The summed E-state index contributed by atoms with van der Waals surface area (Å²) in [7, 11) is 1.64. The number of carbonyl (C=O) groups excluding carboxylic acids is 1. The highest BCUT2D eigenvalue weighted by Gasteiger charge is 2.23. The standard InChI is InChI=1S/C25H31N5O3/c1-5-10-30-18(2)15-22(19(30)3)23(31)16-28-11-13-29(14-12-28)17-24-26-25(27-33-24)20-6-8-21(32-4)9-7-20/h5-9,15H,1,10-14,16-17H2,2-4H3. The number of nitrogens with zero attached hydrogens (tertiary/aromatic N) is 5. The summed E-state index contributed by atoms with van der Waals surface area (Å²) in [6.45, 7) is 13.0. The Bertz CT molecular complexity index is 1110. The smallest absolute Gasteiger partial charge is 0.241 e. The lowest BCUT2D eigenvalue weighted by atomic mass is 10.1. The van der Waals surface area contributed by atoms with Crippen molar-refractivity contribution in [2.75, 3.05) is 39.8 Å². The highest BCUT2D eigenvalue weighted by molar-refractivity contribution is 5.99. The minimum Gasteiger partial charge on any atom is -0.497 e. The first-order valence-electron chi connectivity index (χ1n) is 11.2. The fourth-order valence-electron chi connectivity index (χ4n) is 4.25. The van der Waals surface area contributed by atoms with Crippen LogP contribution in [-0.2, 0) is 13.1 Å². The predicted octanol–water partition coefficient (Wildman–Crippen LogP) is 3.35. The molecule has 3 aromatic rings. The summed E-state index contributed by atoms with van der Waals surface area (Å²) in [6.07, 6.45) is 1.86. The first-order chi connectivity index (χ1) is 16.0. The highest BCUT2D eigenvalue weighted by Crippen LogP contribution is 2.21. The van der Waals surface area contributed by atoms with Crippen LogP contribution >= 0.6 is 0 Å². The fraction of sp³-hybridized carbons (Fsp3) is 0.400. The Morgan fingerprint density at radius 3 is 2.52 bits per heavy atom. The van der Waals surface area contributed by atoms with Gasteiger partial charge in [-0.2, -0.15) is 4.98 Å².